The SMILES string of the molecule is CCCNC(=O)C(C)NC1CCOC(C)C1. The zero-order chi connectivity index (χ0) is 12.0. The summed E-state index contributed by atoms with van der Waals surface area (Å²) in [5, 5.41) is 6.27. The Balaban J connectivity index is 2.26. The van der Waals surface area contributed by atoms with Crippen LogP contribution in [-0.4, -0.2) is 37.2 Å². The molecule has 0 radical (unpaired) electrons. The van der Waals surface area contributed by atoms with Crippen molar-refractivity contribution in [1.82, 2.24) is 10.6 Å². The van der Waals surface area contributed by atoms with Crippen LogP contribution in [0.15, 0.2) is 0 Å². The first kappa shape index (κ1) is 13.5. The number of amides is 1. The third-order valence-electron chi connectivity index (χ3n) is 2.91. The van der Waals surface area contributed by atoms with Gasteiger partial charge >= 0.3 is 0 Å². The molecular formula is C12H24N2O2. The van der Waals surface area contributed by atoms with Crippen LogP contribution in [0.5, 0.6) is 0 Å². The van der Waals surface area contributed by atoms with Crippen LogP contribution < -0.4 is 10.6 Å². The summed E-state index contributed by atoms with van der Waals surface area (Å²) < 4.78 is 5.47. The van der Waals surface area contributed by atoms with Crippen LogP contribution in [0.3, 0.4) is 0 Å². The van der Waals surface area contributed by atoms with Gasteiger partial charge in [0, 0.05) is 19.2 Å². The molecule has 3 atom stereocenters. The van der Waals surface area contributed by atoms with E-state index in [9.17, 15) is 4.79 Å². The molecule has 4 heteroatoms. The van der Waals surface area contributed by atoms with Crippen LogP contribution in [0.25, 0.3) is 0 Å². The third-order valence-corrected chi connectivity index (χ3v) is 2.91. The molecule has 0 aliphatic carbocycles. The van der Waals surface area contributed by atoms with E-state index in [-0.39, 0.29) is 11.9 Å². The highest BCUT2D eigenvalue weighted by molar-refractivity contribution is 5.81. The van der Waals surface area contributed by atoms with Crippen molar-refractivity contribution < 1.29 is 9.53 Å². The van der Waals surface area contributed by atoms with Gasteiger partial charge in [0.1, 0.15) is 0 Å². The van der Waals surface area contributed by atoms with Crippen LogP contribution in [0.2, 0.25) is 0 Å². The predicted molar refractivity (Wildman–Crippen MR) is 64.3 cm³/mol. The highest BCUT2D eigenvalue weighted by Crippen LogP contribution is 2.13. The Bertz CT molecular complexity index is 221. The average molecular weight is 228 g/mol. The van der Waals surface area contributed by atoms with Gasteiger partial charge in [-0.1, -0.05) is 6.92 Å². The van der Waals surface area contributed by atoms with Crippen molar-refractivity contribution in [3.05, 3.63) is 0 Å². The number of ether oxygens (including phenoxy) is 1. The molecule has 3 unspecified atom stereocenters. The van der Waals surface area contributed by atoms with Crippen molar-refractivity contribution in [2.75, 3.05) is 13.2 Å². The first-order valence-electron chi connectivity index (χ1n) is 6.28. The highest BCUT2D eigenvalue weighted by atomic mass is 16.5. The van der Waals surface area contributed by atoms with Crippen LogP contribution in [0.1, 0.15) is 40.0 Å². The molecule has 1 fully saturated rings. The van der Waals surface area contributed by atoms with Gasteiger partial charge in [0.15, 0.2) is 0 Å². The summed E-state index contributed by atoms with van der Waals surface area (Å²) in [7, 11) is 0. The largest absolute Gasteiger partial charge is 0.378 e. The van der Waals surface area contributed by atoms with Gasteiger partial charge < -0.3 is 15.4 Å². The standard InChI is InChI=1S/C12H24N2O2/c1-4-6-13-12(15)10(3)14-11-5-7-16-9(2)8-11/h9-11,14H,4-8H2,1-3H3,(H,13,15). The Morgan fingerprint density at radius 2 is 2.31 bits per heavy atom. The molecule has 16 heavy (non-hydrogen) atoms. The van der Waals surface area contributed by atoms with Crippen LogP contribution in [0.4, 0.5) is 0 Å². The fraction of sp³-hybridized carbons (Fsp3) is 0.917. The Morgan fingerprint density at radius 1 is 1.56 bits per heavy atom. The maximum atomic E-state index is 11.7. The van der Waals surface area contributed by atoms with Crippen molar-refractivity contribution in [3.8, 4) is 0 Å². The molecule has 1 heterocycles. The lowest BCUT2D eigenvalue weighted by Crippen LogP contribution is -2.49. The Morgan fingerprint density at radius 3 is 2.94 bits per heavy atom. The summed E-state index contributed by atoms with van der Waals surface area (Å²) >= 11 is 0. The van der Waals surface area contributed by atoms with E-state index in [1.165, 1.54) is 0 Å². The molecule has 0 aromatic rings. The van der Waals surface area contributed by atoms with Gasteiger partial charge in [-0.15, -0.1) is 0 Å². The molecule has 1 amide bonds. The number of hydrogen-bond donors (Lipinski definition) is 2. The number of carbonyl (C=O) groups is 1. The fourth-order valence-electron chi connectivity index (χ4n) is 1.98. The van der Waals surface area contributed by atoms with Gasteiger partial charge in [-0.25, -0.2) is 0 Å². The first-order valence-corrected chi connectivity index (χ1v) is 6.28. The number of carbonyl (C=O) groups excluding carboxylic acids is 1. The lowest BCUT2D eigenvalue weighted by molar-refractivity contribution is -0.123. The summed E-state index contributed by atoms with van der Waals surface area (Å²) in [5.74, 6) is 0.0981. The van der Waals surface area contributed by atoms with E-state index in [0.29, 0.717) is 12.1 Å². The smallest absolute Gasteiger partial charge is 0.236 e. The van der Waals surface area contributed by atoms with E-state index in [1.54, 1.807) is 0 Å². The van der Waals surface area contributed by atoms with Crippen LogP contribution >= 0.6 is 0 Å². The van der Waals surface area contributed by atoms with E-state index in [2.05, 4.69) is 24.5 Å². The maximum absolute atomic E-state index is 11.7. The molecular weight excluding hydrogens is 204 g/mol. The minimum absolute atomic E-state index is 0.0981. The number of rotatable bonds is 5. The molecule has 1 aliphatic heterocycles. The second-order valence-electron chi connectivity index (χ2n) is 4.58. The van der Waals surface area contributed by atoms with Gasteiger partial charge in [-0.3, -0.25) is 4.79 Å². The molecule has 0 aromatic heterocycles. The maximum Gasteiger partial charge on any atom is 0.236 e. The van der Waals surface area contributed by atoms with E-state index in [1.807, 2.05) is 6.92 Å². The van der Waals surface area contributed by atoms with Gasteiger partial charge in [0.25, 0.3) is 0 Å². The molecule has 0 aromatic carbocycles. The highest BCUT2D eigenvalue weighted by Gasteiger charge is 2.22. The van der Waals surface area contributed by atoms with Gasteiger partial charge in [-0.2, -0.15) is 0 Å². The topological polar surface area (TPSA) is 50.4 Å². The lowest BCUT2D eigenvalue weighted by Gasteiger charge is -2.30. The zero-order valence-corrected chi connectivity index (χ0v) is 10.6. The molecule has 1 rings (SSSR count). The molecule has 0 saturated carbocycles. The Kier molecular flexibility index (Phi) is 5.77. The summed E-state index contributed by atoms with van der Waals surface area (Å²) in [6.45, 7) is 7.61. The normalized spacial score (nSPS) is 27.4. The molecule has 1 aliphatic rings. The average Bonchev–Trinajstić information content (AvgIpc) is 2.25. The summed E-state index contributed by atoms with van der Waals surface area (Å²) in [4.78, 5) is 11.7. The molecule has 4 nitrogen and oxygen atoms in total. The summed E-state index contributed by atoms with van der Waals surface area (Å²) in [5.41, 5.74) is 0. The van der Waals surface area contributed by atoms with Gasteiger partial charge in [0.05, 0.1) is 12.1 Å². The van der Waals surface area contributed by atoms with Gasteiger partial charge in [-0.05, 0) is 33.1 Å². The number of nitrogens with one attached hydrogen (secondary N) is 2. The Hall–Kier alpha value is -0.610. The summed E-state index contributed by atoms with van der Waals surface area (Å²) in [6, 6.07) is 0.299. The van der Waals surface area contributed by atoms with Crippen molar-refractivity contribution in [3.63, 3.8) is 0 Å². The first-order chi connectivity index (χ1) is 7.63. The zero-order valence-electron chi connectivity index (χ0n) is 10.6. The second-order valence-corrected chi connectivity index (χ2v) is 4.58. The quantitative estimate of drug-likeness (QED) is 0.739. The lowest BCUT2D eigenvalue weighted by atomic mass is 10.0. The third kappa shape index (κ3) is 4.49. The molecule has 94 valence electrons. The van der Waals surface area contributed by atoms with E-state index in [4.69, 9.17) is 4.74 Å². The number of hydrogen-bond acceptors (Lipinski definition) is 3. The van der Waals surface area contributed by atoms with Crippen molar-refractivity contribution in [1.29, 1.82) is 0 Å². The minimum Gasteiger partial charge on any atom is -0.378 e. The Labute approximate surface area is 98.1 Å². The van der Waals surface area contributed by atoms with E-state index >= 15 is 0 Å². The van der Waals surface area contributed by atoms with E-state index in [0.717, 1.165) is 32.4 Å². The second kappa shape index (κ2) is 6.86. The van der Waals surface area contributed by atoms with Crippen LogP contribution in [0, 0.1) is 0 Å². The molecule has 2 N–H and O–H groups in total. The predicted octanol–water partition coefficient (Wildman–Crippen LogP) is 1.06. The van der Waals surface area contributed by atoms with E-state index < -0.39 is 0 Å². The summed E-state index contributed by atoms with van der Waals surface area (Å²) in [6.07, 6.45) is 3.27. The van der Waals surface area contributed by atoms with Crippen LogP contribution in [-0.2, 0) is 9.53 Å². The van der Waals surface area contributed by atoms with Crippen molar-refractivity contribution in [2.45, 2.75) is 58.2 Å². The minimum atomic E-state index is -0.109. The fourth-order valence-corrected chi connectivity index (χ4v) is 1.98. The van der Waals surface area contributed by atoms with Crippen molar-refractivity contribution >= 4 is 5.91 Å². The monoisotopic (exact) mass is 228 g/mol. The van der Waals surface area contributed by atoms with Gasteiger partial charge in [0.2, 0.25) is 5.91 Å². The van der Waals surface area contributed by atoms with Crippen molar-refractivity contribution in [2.24, 2.45) is 0 Å². The molecule has 1 saturated heterocycles. The molecule has 0 spiro atoms. The molecule has 0 bridgehead atoms.